The first kappa shape index (κ1) is 18.3. The van der Waals surface area contributed by atoms with Gasteiger partial charge in [-0.1, -0.05) is 18.2 Å². The number of carbonyl (C=O) groups excluding carboxylic acids is 1. The quantitative estimate of drug-likeness (QED) is 0.795. The molecule has 3 aliphatic rings. The van der Waals surface area contributed by atoms with Crippen LogP contribution < -0.4 is 16.0 Å². The summed E-state index contributed by atoms with van der Waals surface area (Å²) in [6, 6.07) is 8.06. The van der Waals surface area contributed by atoms with E-state index in [1.165, 1.54) is 6.07 Å². The fourth-order valence-electron chi connectivity index (χ4n) is 5.24. The van der Waals surface area contributed by atoms with Crippen LogP contribution in [0.1, 0.15) is 18.4 Å². The fourth-order valence-corrected chi connectivity index (χ4v) is 5.24. The molecule has 0 aliphatic carbocycles. The average Bonchev–Trinajstić information content (AvgIpc) is 3.37. The number of aromatic nitrogens is 2. The van der Waals surface area contributed by atoms with Crippen molar-refractivity contribution in [3.8, 4) is 0 Å². The van der Waals surface area contributed by atoms with Crippen LogP contribution in [0.5, 0.6) is 0 Å². The maximum atomic E-state index is 13.8. The number of nitrogens with two attached hydrogens (primary N) is 1. The van der Waals surface area contributed by atoms with Gasteiger partial charge in [0.25, 0.3) is 0 Å². The number of fused-ring (bicyclic) bond motifs is 1. The molecule has 0 unspecified atom stereocenters. The summed E-state index contributed by atoms with van der Waals surface area (Å²) in [5.74, 6) is 1.11. The number of nitrogens with zero attached hydrogens (tertiary/aromatic N) is 3. The molecule has 4 heterocycles. The van der Waals surface area contributed by atoms with Crippen LogP contribution in [0.2, 0.25) is 0 Å². The predicted molar refractivity (Wildman–Crippen MR) is 106 cm³/mol. The molecule has 1 spiro atoms. The van der Waals surface area contributed by atoms with Crippen molar-refractivity contribution >= 4 is 17.7 Å². The molecule has 2 bridgehead atoms. The number of nitrogen functional groups attached to an aromatic ring is 1. The first-order chi connectivity index (χ1) is 14.0. The van der Waals surface area contributed by atoms with Gasteiger partial charge in [-0.25, -0.2) is 9.37 Å². The van der Waals surface area contributed by atoms with E-state index in [1.54, 1.807) is 30.5 Å². The van der Waals surface area contributed by atoms with Crippen LogP contribution in [0.25, 0.3) is 0 Å². The maximum absolute atomic E-state index is 13.8. The third kappa shape index (κ3) is 3.21. The molecule has 0 radical (unpaired) electrons. The van der Waals surface area contributed by atoms with Gasteiger partial charge in [0.15, 0.2) is 0 Å². The van der Waals surface area contributed by atoms with Crippen molar-refractivity contribution in [2.75, 3.05) is 30.3 Å². The Morgan fingerprint density at radius 2 is 2.24 bits per heavy atom. The number of benzene rings is 1. The van der Waals surface area contributed by atoms with E-state index < -0.39 is 0 Å². The summed E-state index contributed by atoms with van der Waals surface area (Å²) in [4.78, 5) is 23.2. The second-order valence-electron chi connectivity index (χ2n) is 8.26. The van der Waals surface area contributed by atoms with Gasteiger partial charge >= 0.3 is 0 Å². The normalized spacial score (nSPS) is 29.8. The topological polar surface area (TPSA) is 93.4 Å². The SMILES string of the molecule is Nc1ccnc(N2C[C@@H]3[C@H](CNC(=O)Cc4ccccc4F)[C@H]4CC[C@]3(C2)O4)n1. The van der Waals surface area contributed by atoms with Crippen molar-refractivity contribution in [2.45, 2.75) is 31.0 Å². The third-order valence-electron chi connectivity index (χ3n) is 6.57. The summed E-state index contributed by atoms with van der Waals surface area (Å²) in [5.41, 5.74) is 6.03. The smallest absolute Gasteiger partial charge is 0.227 e. The molecule has 5 rings (SSSR count). The molecule has 3 N–H and O–H groups in total. The Hall–Kier alpha value is -2.74. The van der Waals surface area contributed by atoms with Crippen molar-refractivity contribution in [3.05, 3.63) is 47.9 Å². The van der Waals surface area contributed by atoms with E-state index in [2.05, 4.69) is 20.2 Å². The molecule has 0 saturated carbocycles. The van der Waals surface area contributed by atoms with Crippen LogP contribution in [-0.2, 0) is 16.0 Å². The lowest BCUT2D eigenvalue weighted by atomic mass is 9.73. The number of hydrogen-bond donors (Lipinski definition) is 2. The summed E-state index contributed by atoms with van der Waals surface area (Å²) in [6.07, 6.45) is 3.89. The van der Waals surface area contributed by atoms with E-state index in [0.717, 1.165) is 25.9 Å². The number of rotatable bonds is 5. The van der Waals surface area contributed by atoms with Crippen LogP contribution in [0, 0.1) is 17.7 Å². The van der Waals surface area contributed by atoms with Gasteiger partial charge < -0.3 is 20.7 Å². The molecule has 3 fully saturated rings. The Kier molecular flexibility index (Phi) is 4.38. The van der Waals surface area contributed by atoms with Gasteiger partial charge in [-0.05, 0) is 30.5 Å². The molecule has 29 heavy (non-hydrogen) atoms. The van der Waals surface area contributed by atoms with E-state index in [1.807, 2.05) is 0 Å². The van der Waals surface area contributed by atoms with Gasteiger partial charge in [-0.3, -0.25) is 4.79 Å². The van der Waals surface area contributed by atoms with Gasteiger partial charge in [0.1, 0.15) is 11.6 Å². The second kappa shape index (κ2) is 6.95. The van der Waals surface area contributed by atoms with E-state index in [4.69, 9.17) is 10.5 Å². The summed E-state index contributed by atoms with van der Waals surface area (Å²) in [6.45, 7) is 2.07. The lowest BCUT2D eigenvalue weighted by Crippen LogP contribution is -2.42. The van der Waals surface area contributed by atoms with Gasteiger partial charge in [0, 0.05) is 31.1 Å². The molecule has 4 atom stereocenters. The van der Waals surface area contributed by atoms with Gasteiger partial charge in [0.2, 0.25) is 11.9 Å². The Labute approximate surface area is 168 Å². The highest BCUT2D eigenvalue weighted by Gasteiger charge is 2.63. The first-order valence-corrected chi connectivity index (χ1v) is 10.1. The molecule has 1 aromatic heterocycles. The van der Waals surface area contributed by atoms with Crippen LogP contribution in [0.4, 0.5) is 16.2 Å². The van der Waals surface area contributed by atoms with E-state index in [0.29, 0.717) is 29.8 Å². The number of anilines is 2. The summed E-state index contributed by atoms with van der Waals surface area (Å²) in [5, 5.41) is 3.00. The lowest BCUT2D eigenvalue weighted by molar-refractivity contribution is -0.120. The molecule has 3 saturated heterocycles. The van der Waals surface area contributed by atoms with Crippen molar-refractivity contribution in [1.82, 2.24) is 15.3 Å². The summed E-state index contributed by atoms with van der Waals surface area (Å²) in [7, 11) is 0. The second-order valence-corrected chi connectivity index (χ2v) is 8.26. The van der Waals surface area contributed by atoms with Crippen LogP contribution in [-0.4, -0.2) is 47.2 Å². The number of ether oxygens (including phenoxy) is 1. The minimum atomic E-state index is -0.349. The Bertz CT molecular complexity index is 941. The minimum absolute atomic E-state index is 0.0456. The highest BCUT2D eigenvalue weighted by Crippen LogP contribution is 2.54. The highest BCUT2D eigenvalue weighted by molar-refractivity contribution is 5.78. The van der Waals surface area contributed by atoms with Crippen molar-refractivity contribution in [1.29, 1.82) is 0 Å². The highest BCUT2D eigenvalue weighted by atomic mass is 19.1. The Balaban J connectivity index is 1.25. The van der Waals surface area contributed by atoms with E-state index in [9.17, 15) is 9.18 Å². The molecule has 7 nitrogen and oxygen atoms in total. The Morgan fingerprint density at radius 3 is 3.07 bits per heavy atom. The number of hydrogen-bond acceptors (Lipinski definition) is 6. The monoisotopic (exact) mass is 397 g/mol. The molecule has 152 valence electrons. The predicted octanol–water partition coefficient (Wildman–Crippen LogP) is 1.54. The van der Waals surface area contributed by atoms with Crippen molar-refractivity contribution < 1.29 is 13.9 Å². The molecular formula is C21H24FN5O2. The number of nitrogens with one attached hydrogen (secondary N) is 1. The van der Waals surface area contributed by atoms with Crippen molar-refractivity contribution in [2.24, 2.45) is 11.8 Å². The van der Waals surface area contributed by atoms with E-state index in [-0.39, 0.29) is 35.8 Å². The molecule has 8 heteroatoms. The van der Waals surface area contributed by atoms with Gasteiger partial charge in [-0.15, -0.1) is 0 Å². The van der Waals surface area contributed by atoms with E-state index >= 15 is 0 Å². The zero-order chi connectivity index (χ0) is 20.0. The largest absolute Gasteiger partial charge is 0.384 e. The van der Waals surface area contributed by atoms with Crippen molar-refractivity contribution in [3.63, 3.8) is 0 Å². The first-order valence-electron chi connectivity index (χ1n) is 10.1. The van der Waals surface area contributed by atoms with Gasteiger partial charge in [-0.2, -0.15) is 4.98 Å². The minimum Gasteiger partial charge on any atom is -0.384 e. The standard InChI is InChI=1S/C21H24FN5O2/c22-16-4-2-1-3-13(16)9-19(28)25-10-14-15-11-27(20-24-8-6-18(23)26-20)12-21(15)7-5-17(14)29-21/h1-4,6,8,14-15,17H,5,7,9-12H2,(H,25,28)(H2,23,24,26)/t14-,15+,17+,21+/m0/s1. The molecular weight excluding hydrogens is 373 g/mol. The molecule has 1 amide bonds. The van der Waals surface area contributed by atoms with Crippen LogP contribution >= 0.6 is 0 Å². The zero-order valence-corrected chi connectivity index (χ0v) is 16.1. The fraction of sp³-hybridized carbons (Fsp3) is 0.476. The molecule has 3 aliphatic heterocycles. The lowest BCUT2D eigenvalue weighted by Gasteiger charge is -2.29. The number of amides is 1. The summed E-state index contributed by atoms with van der Waals surface area (Å²) < 4.78 is 20.2. The molecule has 1 aromatic carbocycles. The average molecular weight is 397 g/mol. The Morgan fingerprint density at radius 1 is 1.38 bits per heavy atom. The van der Waals surface area contributed by atoms with Gasteiger partial charge in [0.05, 0.1) is 24.7 Å². The third-order valence-corrected chi connectivity index (χ3v) is 6.57. The maximum Gasteiger partial charge on any atom is 0.227 e. The number of carbonyl (C=O) groups is 1. The van der Waals surface area contributed by atoms with Crippen LogP contribution in [0.15, 0.2) is 36.5 Å². The summed E-state index contributed by atoms with van der Waals surface area (Å²) >= 11 is 0. The number of halogens is 1. The molecule has 2 aromatic rings. The zero-order valence-electron chi connectivity index (χ0n) is 16.1. The van der Waals surface area contributed by atoms with Crippen LogP contribution in [0.3, 0.4) is 0 Å².